The molecule has 2 fully saturated rings. The van der Waals surface area contributed by atoms with Crippen LogP contribution in [0.4, 0.5) is 0 Å². The minimum atomic E-state index is 0.0140. The lowest BCUT2D eigenvalue weighted by Crippen LogP contribution is -2.50. The van der Waals surface area contributed by atoms with Crippen molar-refractivity contribution in [2.45, 2.75) is 12.5 Å². The van der Waals surface area contributed by atoms with Crippen molar-refractivity contribution < 1.29 is 14.3 Å². The molecule has 2 heterocycles. The lowest BCUT2D eigenvalue weighted by atomic mass is 10.1. The van der Waals surface area contributed by atoms with Gasteiger partial charge in [0.25, 0.3) is 5.91 Å². The number of morpholine rings is 1. The van der Waals surface area contributed by atoms with E-state index in [2.05, 4.69) is 4.90 Å². The Bertz CT molecular complexity index is 596. The second-order valence-corrected chi connectivity index (χ2v) is 7.92. The second kappa shape index (κ2) is 9.12. The molecule has 0 aromatic heterocycles. The first kappa shape index (κ1) is 18.8. The molecule has 0 bridgehead atoms. The number of benzene rings is 1. The monoisotopic (exact) mass is 384 g/mol. The van der Waals surface area contributed by atoms with E-state index in [1.807, 2.05) is 16.7 Å². The smallest absolute Gasteiger partial charge is 0.257 e. The number of amides is 1. The molecule has 3 rings (SSSR count). The molecule has 0 radical (unpaired) electrons. The summed E-state index contributed by atoms with van der Waals surface area (Å²) in [6.07, 6.45) is 1.01. The molecule has 0 spiro atoms. The molecular formula is C18H25ClN2O3S. The minimum Gasteiger partial charge on any atom is -0.496 e. The number of halogens is 1. The van der Waals surface area contributed by atoms with Crippen LogP contribution in [0, 0.1) is 0 Å². The molecular weight excluding hydrogens is 360 g/mol. The molecule has 1 atom stereocenters. The van der Waals surface area contributed by atoms with Gasteiger partial charge in [-0.05, 0) is 30.4 Å². The zero-order chi connectivity index (χ0) is 17.6. The van der Waals surface area contributed by atoms with Gasteiger partial charge in [-0.3, -0.25) is 9.69 Å². The third-order valence-electron chi connectivity index (χ3n) is 4.66. The molecule has 2 aliphatic heterocycles. The standard InChI is InChI=1S/C18H25ClN2O3S/c1-23-17-4-3-14(19)11-16(17)18(22)21-5-2-10-25-13-15(21)12-20-6-8-24-9-7-20/h3-4,11,15H,2,5-10,12-13H2,1H3. The lowest BCUT2D eigenvalue weighted by molar-refractivity contribution is 0.0244. The van der Waals surface area contributed by atoms with E-state index >= 15 is 0 Å². The Balaban J connectivity index is 1.80. The van der Waals surface area contributed by atoms with Crippen LogP contribution in [-0.4, -0.2) is 79.8 Å². The second-order valence-electron chi connectivity index (χ2n) is 6.34. The van der Waals surface area contributed by atoms with E-state index in [0.717, 1.165) is 57.3 Å². The molecule has 0 saturated carbocycles. The van der Waals surface area contributed by atoms with Gasteiger partial charge in [0.2, 0.25) is 0 Å². The van der Waals surface area contributed by atoms with E-state index in [0.29, 0.717) is 16.3 Å². The number of hydrogen-bond acceptors (Lipinski definition) is 5. The fourth-order valence-electron chi connectivity index (χ4n) is 3.33. The average Bonchev–Trinajstić information content (AvgIpc) is 2.87. The van der Waals surface area contributed by atoms with E-state index in [1.165, 1.54) is 0 Å². The molecule has 138 valence electrons. The van der Waals surface area contributed by atoms with Crippen molar-refractivity contribution in [3.63, 3.8) is 0 Å². The van der Waals surface area contributed by atoms with Crippen molar-refractivity contribution in [3.8, 4) is 5.75 Å². The summed E-state index contributed by atoms with van der Waals surface area (Å²) in [5.41, 5.74) is 0.550. The Morgan fingerprint density at radius 3 is 2.92 bits per heavy atom. The van der Waals surface area contributed by atoms with Gasteiger partial charge in [-0.25, -0.2) is 0 Å². The van der Waals surface area contributed by atoms with Gasteiger partial charge in [0.05, 0.1) is 31.9 Å². The Hall–Kier alpha value is -0.950. The lowest BCUT2D eigenvalue weighted by Gasteiger charge is -2.36. The first-order valence-corrected chi connectivity index (χ1v) is 10.2. The van der Waals surface area contributed by atoms with E-state index in [1.54, 1.807) is 25.3 Å². The van der Waals surface area contributed by atoms with Crippen LogP contribution in [0.15, 0.2) is 18.2 Å². The highest BCUT2D eigenvalue weighted by atomic mass is 35.5. The predicted molar refractivity (Wildman–Crippen MR) is 102 cm³/mol. The fraction of sp³-hybridized carbons (Fsp3) is 0.611. The Labute approximate surface area is 158 Å². The first-order valence-electron chi connectivity index (χ1n) is 8.71. The summed E-state index contributed by atoms with van der Waals surface area (Å²) in [4.78, 5) is 17.7. The molecule has 5 nitrogen and oxygen atoms in total. The molecule has 2 aliphatic rings. The molecule has 0 N–H and O–H groups in total. The van der Waals surface area contributed by atoms with Gasteiger partial charge in [0, 0.05) is 37.0 Å². The molecule has 7 heteroatoms. The number of rotatable bonds is 4. The van der Waals surface area contributed by atoms with E-state index < -0.39 is 0 Å². The van der Waals surface area contributed by atoms with Gasteiger partial charge >= 0.3 is 0 Å². The molecule has 25 heavy (non-hydrogen) atoms. The summed E-state index contributed by atoms with van der Waals surface area (Å²) in [6, 6.07) is 5.42. The Kier molecular flexibility index (Phi) is 6.87. The van der Waals surface area contributed by atoms with Gasteiger partial charge in [0.1, 0.15) is 5.75 Å². The van der Waals surface area contributed by atoms with Crippen LogP contribution in [0.1, 0.15) is 16.8 Å². The van der Waals surface area contributed by atoms with Crippen LogP contribution in [-0.2, 0) is 4.74 Å². The summed E-state index contributed by atoms with van der Waals surface area (Å²) >= 11 is 8.06. The van der Waals surface area contributed by atoms with Gasteiger partial charge in [-0.15, -0.1) is 0 Å². The quantitative estimate of drug-likeness (QED) is 0.798. The largest absolute Gasteiger partial charge is 0.496 e. The highest BCUT2D eigenvalue weighted by Crippen LogP contribution is 2.27. The van der Waals surface area contributed by atoms with Crippen molar-refractivity contribution >= 4 is 29.3 Å². The summed E-state index contributed by atoms with van der Waals surface area (Å²) in [6.45, 7) is 5.08. The highest BCUT2D eigenvalue weighted by Gasteiger charge is 2.30. The summed E-state index contributed by atoms with van der Waals surface area (Å²) in [5, 5.41) is 0.554. The van der Waals surface area contributed by atoms with Crippen LogP contribution < -0.4 is 4.74 Å². The van der Waals surface area contributed by atoms with E-state index in [4.69, 9.17) is 21.1 Å². The van der Waals surface area contributed by atoms with Crippen molar-refractivity contribution in [2.75, 3.05) is 58.0 Å². The topological polar surface area (TPSA) is 42.0 Å². The number of methoxy groups -OCH3 is 1. The number of nitrogens with zero attached hydrogens (tertiary/aromatic N) is 2. The van der Waals surface area contributed by atoms with Crippen molar-refractivity contribution in [1.29, 1.82) is 0 Å². The molecule has 1 aromatic rings. The molecule has 0 aliphatic carbocycles. The van der Waals surface area contributed by atoms with Gasteiger partial charge in [-0.2, -0.15) is 11.8 Å². The number of thioether (sulfide) groups is 1. The van der Waals surface area contributed by atoms with Crippen LogP contribution >= 0.6 is 23.4 Å². The van der Waals surface area contributed by atoms with Crippen LogP contribution in [0.3, 0.4) is 0 Å². The fourth-order valence-corrected chi connectivity index (χ4v) is 4.56. The van der Waals surface area contributed by atoms with E-state index in [9.17, 15) is 4.79 Å². The summed E-state index contributed by atoms with van der Waals surface area (Å²) in [7, 11) is 1.59. The van der Waals surface area contributed by atoms with Crippen molar-refractivity contribution in [3.05, 3.63) is 28.8 Å². The van der Waals surface area contributed by atoms with Crippen LogP contribution in [0.5, 0.6) is 5.75 Å². The van der Waals surface area contributed by atoms with Gasteiger partial charge in [0.15, 0.2) is 0 Å². The average molecular weight is 385 g/mol. The third kappa shape index (κ3) is 4.82. The van der Waals surface area contributed by atoms with Crippen LogP contribution in [0.25, 0.3) is 0 Å². The molecule has 1 aromatic carbocycles. The highest BCUT2D eigenvalue weighted by molar-refractivity contribution is 7.99. The van der Waals surface area contributed by atoms with Crippen LogP contribution in [0.2, 0.25) is 5.02 Å². The van der Waals surface area contributed by atoms with Gasteiger partial charge in [-0.1, -0.05) is 11.6 Å². The maximum Gasteiger partial charge on any atom is 0.257 e. The van der Waals surface area contributed by atoms with Gasteiger partial charge < -0.3 is 14.4 Å². The molecule has 1 unspecified atom stereocenters. The molecule has 2 saturated heterocycles. The SMILES string of the molecule is COc1ccc(Cl)cc1C(=O)N1CCCSCC1CN1CCOCC1. The number of carbonyl (C=O) groups excluding carboxylic acids is 1. The maximum atomic E-state index is 13.3. The number of hydrogen-bond donors (Lipinski definition) is 0. The Morgan fingerprint density at radius 1 is 1.36 bits per heavy atom. The number of ether oxygens (including phenoxy) is 2. The van der Waals surface area contributed by atoms with E-state index in [-0.39, 0.29) is 11.9 Å². The maximum absolute atomic E-state index is 13.3. The third-order valence-corrected chi connectivity index (χ3v) is 6.10. The molecule has 1 amide bonds. The summed E-state index contributed by atoms with van der Waals surface area (Å²) in [5.74, 6) is 2.65. The predicted octanol–water partition coefficient (Wildman–Crippen LogP) is 2.63. The number of carbonyl (C=O) groups is 1. The minimum absolute atomic E-state index is 0.0140. The summed E-state index contributed by atoms with van der Waals surface area (Å²) < 4.78 is 10.8. The van der Waals surface area contributed by atoms with Crippen molar-refractivity contribution in [1.82, 2.24) is 9.80 Å². The zero-order valence-corrected chi connectivity index (χ0v) is 16.2. The first-order chi connectivity index (χ1) is 12.2. The normalized spacial score (nSPS) is 22.5. The Morgan fingerprint density at radius 2 is 2.16 bits per heavy atom. The van der Waals surface area contributed by atoms with Crippen molar-refractivity contribution in [2.24, 2.45) is 0 Å². The zero-order valence-electron chi connectivity index (χ0n) is 14.6.